The van der Waals surface area contributed by atoms with Crippen LogP contribution >= 0.6 is 0 Å². The summed E-state index contributed by atoms with van der Waals surface area (Å²) < 4.78 is 1.32. The first-order valence-electron chi connectivity index (χ1n) is 9.97. The molecule has 0 aliphatic rings. The summed E-state index contributed by atoms with van der Waals surface area (Å²) in [6, 6.07) is 10.4. The molecule has 0 bridgehead atoms. The highest BCUT2D eigenvalue weighted by atomic mass is 16.2. The van der Waals surface area contributed by atoms with Gasteiger partial charge in [0.25, 0.3) is 17.2 Å². The van der Waals surface area contributed by atoms with Crippen LogP contribution in [-0.2, 0) is 11.2 Å². The number of hydrogen-bond donors (Lipinski definition) is 3. The summed E-state index contributed by atoms with van der Waals surface area (Å²) in [6.07, 6.45) is 1.47. The lowest BCUT2D eigenvalue weighted by atomic mass is 10.1. The Morgan fingerprint density at radius 1 is 1.13 bits per heavy atom. The van der Waals surface area contributed by atoms with E-state index in [1.807, 2.05) is 25.1 Å². The van der Waals surface area contributed by atoms with Crippen LogP contribution in [0.4, 0.5) is 5.82 Å². The van der Waals surface area contributed by atoms with E-state index in [4.69, 9.17) is 0 Å². The molecular formula is C22H22N6O3. The third-order valence-corrected chi connectivity index (χ3v) is 4.89. The van der Waals surface area contributed by atoms with Crippen molar-refractivity contribution < 1.29 is 9.59 Å². The smallest absolute Gasteiger partial charge is 0.298 e. The molecule has 4 rings (SSSR count). The maximum atomic E-state index is 13.0. The van der Waals surface area contributed by atoms with Crippen LogP contribution in [0.5, 0.6) is 0 Å². The molecular weight excluding hydrogens is 396 g/mol. The van der Waals surface area contributed by atoms with Gasteiger partial charge in [0.15, 0.2) is 0 Å². The van der Waals surface area contributed by atoms with E-state index >= 15 is 0 Å². The summed E-state index contributed by atoms with van der Waals surface area (Å²) in [6.45, 7) is 5.49. The molecule has 0 radical (unpaired) electrons. The number of H-pyrrole nitrogens is 2. The average molecular weight is 418 g/mol. The number of ketones is 1. The number of amides is 1. The van der Waals surface area contributed by atoms with Crippen LogP contribution in [0.2, 0.25) is 0 Å². The fraction of sp³-hybridized carbons (Fsp3) is 0.227. The molecule has 3 heterocycles. The van der Waals surface area contributed by atoms with Crippen molar-refractivity contribution in [2.45, 2.75) is 33.6 Å². The summed E-state index contributed by atoms with van der Waals surface area (Å²) in [7, 11) is 0. The van der Waals surface area contributed by atoms with Crippen molar-refractivity contribution in [1.29, 1.82) is 0 Å². The molecule has 0 fully saturated rings. The second kappa shape index (κ2) is 8.02. The Morgan fingerprint density at radius 3 is 2.68 bits per heavy atom. The molecule has 0 saturated heterocycles. The van der Waals surface area contributed by atoms with Crippen LogP contribution in [0.1, 0.15) is 40.8 Å². The summed E-state index contributed by atoms with van der Waals surface area (Å²) in [5.41, 5.74) is 2.62. The number of aryl methyl sites for hydroxylation is 3. The maximum Gasteiger partial charge on any atom is 0.298 e. The molecule has 0 spiro atoms. The van der Waals surface area contributed by atoms with Crippen LogP contribution in [0.15, 0.2) is 41.2 Å². The van der Waals surface area contributed by atoms with Crippen LogP contribution < -0.4 is 10.9 Å². The highest BCUT2D eigenvalue weighted by Crippen LogP contribution is 2.23. The van der Waals surface area contributed by atoms with Crippen molar-refractivity contribution >= 4 is 28.4 Å². The number of hydrogen-bond acceptors (Lipinski definition) is 5. The summed E-state index contributed by atoms with van der Waals surface area (Å²) in [5.74, 6) is -1.05. The number of anilines is 1. The Labute approximate surface area is 177 Å². The number of nitrogens with one attached hydrogen (secondary N) is 3. The zero-order valence-corrected chi connectivity index (χ0v) is 17.4. The number of carbonyl (C=O) groups excluding carboxylic acids is 2. The van der Waals surface area contributed by atoms with Crippen molar-refractivity contribution in [2.24, 2.45) is 0 Å². The van der Waals surface area contributed by atoms with Gasteiger partial charge < -0.3 is 10.3 Å². The third kappa shape index (κ3) is 3.89. The van der Waals surface area contributed by atoms with E-state index in [0.717, 1.165) is 11.9 Å². The first kappa shape index (κ1) is 20.3. The van der Waals surface area contributed by atoms with Crippen molar-refractivity contribution in [3.8, 4) is 5.95 Å². The van der Waals surface area contributed by atoms with Gasteiger partial charge in [0.05, 0.1) is 11.3 Å². The maximum absolute atomic E-state index is 13.0. The highest BCUT2D eigenvalue weighted by molar-refractivity contribution is 6.48. The molecule has 158 valence electrons. The molecule has 4 aromatic rings. The number of benzene rings is 1. The fourth-order valence-corrected chi connectivity index (χ4v) is 3.58. The molecule has 9 nitrogen and oxygen atoms in total. The minimum atomic E-state index is -0.805. The number of fused-ring (bicyclic) bond motifs is 1. The van der Waals surface area contributed by atoms with Gasteiger partial charge in [0.1, 0.15) is 5.82 Å². The van der Waals surface area contributed by atoms with E-state index in [1.54, 1.807) is 26.0 Å². The van der Waals surface area contributed by atoms with E-state index in [-0.39, 0.29) is 17.3 Å². The molecule has 0 atom stereocenters. The quantitative estimate of drug-likeness (QED) is 0.328. The first-order valence-corrected chi connectivity index (χ1v) is 9.97. The zero-order chi connectivity index (χ0) is 22.1. The van der Waals surface area contributed by atoms with Gasteiger partial charge in [-0.3, -0.25) is 19.4 Å². The minimum Gasteiger partial charge on any atom is -0.358 e. The van der Waals surface area contributed by atoms with Gasteiger partial charge in [-0.15, -0.1) is 0 Å². The van der Waals surface area contributed by atoms with Crippen LogP contribution in [0.3, 0.4) is 0 Å². The zero-order valence-electron chi connectivity index (χ0n) is 17.4. The standard InChI is InChI=1S/C22H22N6O3/c1-4-7-14-11-18(29)26-22(24-14)28-17(10-12(2)27-28)25-21(31)20(30)19-13(3)23-16-9-6-5-8-15(16)19/h5-6,8-11,23H,4,7H2,1-3H3,(H,25,31)(H,24,26,29). The third-order valence-electron chi connectivity index (χ3n) is 4.89. The lowest BCUT2D eigenvalue weighted by Gasteiger charge is -2.09. The van der Waals surface area contributed by atoms with E-state index in [0.29, 0.717) is 34.5 Å². The molecule has 0 unspecified atom stereocenters. The van der Waals surface area contributed by atoms with Gasteiger partial charge in [0, 0.05) is 34.4 Å². The molecule has 31 heavy (non-hydrogen) atoms. The average Bonchev–Trinajstić information content (AvgIpc) is 3.25. The number of rotatable bonds is 6. The van der Waals surface area contributed by atoms with Gasteiger partial charge in [-0.2, -0.15) is 9.78 Å². The van der Waals surface area contributed by atoms with Crippen LogP contribution in [0, 0.1) is 13.8 Å². The van der Waals surface area contributed by atoms with Crippen molar-refractivity contribution in [3.63, 3.8) is 0 Å². The van der Waals surface area contributed by atoms with E-state index in [1.165, 1.54) is 10.7 Å². The van der Waals surface area contributed by atoms with E-state index in [9.17, 15) is 14.4 Å². The van der Waals surface area contributed by atoms with Gasteiger partial charge in [0.2, 0.25) is 5.95 Å². The van der Waals surface area contributed by atoms with Crippen molar-refractivity contribution in [1.82, 2.24) is 24.7 Å². The Morgan fingerprint density at radius 2 is 1.90 bits per heavy atom. The summed E-state index contributed by atoms with van der Waals surface area (Å²) in [4.78, 5) is 48.0. The SMILES string of the molecule is CCCc1cc(=O)[nH]c(-n2nc(C)cc2NC(=O)C(=O)c2c(C)[nH]c3ccccc23)n1. The Kier molecular flexibility index (Phi) is 5.24. The molecule has 9 heteroatoms. The molecule has 1 aromatic carbocycles. The topological polar surface area (TPSA) is 126 Å². The van der Waals surface area contributed by atoms with Gasteiger partial charge in [-0.1, -0.05) is 31.5 Å². The summed E-state index contributed by atoms with van der Waals surface area (Å²) >= 11 is 0. The van der Waals surface area contributed by atoms with Gasteiger partial charge >= 0.3 is 0 Å². The molecule has 0 aliphatic heterocycles. The largest absolute Gasteiger partial charge is 0.358 e. The number of carbonyl (C=O) groups is 2. The second-order valence-electron chi connectivity index (χ2n) is 7.35. The van der Waals surface area contributed by atoms with Crippen LogP contribution in [0.25, 0.3) is 16.9 Å². The number of aromatic nitrogens is 5. The molecule has 3 N–H and O–H groups in total. The second-order valence-corrected chi connectivity index (χ2v) is 7.35. The molecule has 0 aliphatic carbocycles. The van der Waals surface area contributed by atoms with Gasteiger partial charge in [-0.05, 0) is 26.3 Å². The van der Waals surface area contributed by atoms with Crippen LogP contribution in [-0.4, -0.2) is 36.4 Å². The number of Topliss-reactive ketones (excluding diaryl/α,β-unsaturated/α-hetero) is 1. The Bertz CT molecular complexity index is 1360. The van der Waals surface area contributed by atoms with Gasteiger partial charge in [-0.25, -0.2) is 4.98 Å². The Balaban J connectivity index is 1.68. The highest BCUT2D eigenvalue weighted by Gasteiger charge is 2.24. The monoisotopic (exact) mass is 418 g/mol. The minimum absolute atomic E-state index is 0.176. The fourth-order valence-electron chi connectivity index (χ4n) is 3.58. The molecule has 3 aromatic heterocycles. The number of nitrogens with zero attached hydrogens (tertiary/aromatic N) is 3. The first-order chi connectivity index (χ1) is 14.9. The predicted molar refractivity (Wildman–Crippen MR) is 117 cm³/mol. The molecule has 0 saturated carbocycles. The predicted octanol–water partition coefficient (Wildman–Crippen LogP) is 2.83. The Hall–Kier alpha value is -4.01. The lowest BCUT2D eigenvalue weighted by Crippen LogP contribution is -2.25. The normalized spacial score (nSPS) is 11.1. The number of para-hydroxylation sites is 1. The molecule has 1 amide bonds. The van der Waals surface area contributed by atoms with Crippen molar-refractivity contribution in [2.75, 3.05) is 5.32 Å². The summed E-state index contributed by atoms with van der Waals surface area (Å²) in [5, 5.41) is 7.62. The lowest BCUT2D eigenvalue weighted by molar-refractivity contribution is -0.112. The van der Waals surface area contributed by atoms with Crippen molar-refractivity contribution in [3.05, 3.63) is 69.4 Å². The van der Waals surface area contributed by atoms with E-state index < -0.39 is 11.7 Å². The van der Waals surface area contributed by atoms with E-state index in [2.05, 4.69) is 25.4 Å². The number of aromatic amines is 2.